The van der Waals surface area contributed by atoms with Crippen molar-refractivity contribution in [3.05, 3.63) is 141 Å². The molecule has 5 rings (SSSR count). The van der Waals surface area contributed by atoms with Gasteiger partial charge in [-0.2, -0.15) is 0 Å². The average Bonchev–Trinajstić information content (AvgIpc) is 3.03. The Balaban J connectivity index is 1.74. The Morgan fingerprint density at radius 3 is 0.720 bits per heavy atom. The molecule has 0 saturated carbocycles. The first kappa shape index (κ1) is 37.5. The van der Waals surface area contributed by atoms with Gasteiger partial charge in [-0.05, 0) is 105 Å². The second-order valence-electron chi connectivity index (χ2n) is 17.6. The molecule has 4 heteroatoms. The Bertz CT molecular complexity index is 1660. The number of halogens is 2. The van der Waals surface area contributed by atoms with Gasteiger partial charge in [-0.1, -0.05) is 155 Å². The van der Waals surface area contributed by atoms with Gasteiger partial charge in [-0.25, -0.2) is 0 Å². The molecule has 0 saturated heterocycles. The molecule has 0 fully saturated rings. The molecule has 2 nitrogen and oxygen atoms in total. The lowest BCUT2D eigenvalue weighted by atomic mass is 9.86. The van der Waals surface area contributed by atoms with Crippen LogP contribution in [0, 0.1) is 0 Å². The molecular weight excluding hydrogens is 651 g/mol. The van der Waals surface area contributed by atoms with Crippen LogP contribution in [0.3, 0.4) is 0 Å². The number of benzene rings is 5. The maximum absolute atomic E-state index is 7.64. The zero-order valence-electron chi connectivity index (χ0n) is 32.0. The van der Waals surface area contributed by atoms with Gasteiger partial charge >= 0.3 is 0 Å². The van der Waals surface area contributed by atoms with E-state index in [-0.39, 0.29) is 21.7 Å². The van der Waals surface area contributed by atoms with Gasteiger partial charge in [0.25, 0.3) is 0 Å². The van der Waals surface area contributed by atoms with Crippen LogP contribution in [0.25, 0.3) is 0 Å². The predicted octanol–water partition coefficient (Wildman–Crippen LogP) is 15.1. The minimum absolute atomic E-state index is 0.0319. The normalized spacial score (nSPS) is 12.6. The van der Waals surface area contributed by atoms with Crippen LogP contribution in [0.1, 0.15) is 105 Å². The minimum Gasteiger partial charge on any atom is -0.309 e. The van der Waals surface area contributed by atoms with E-state index in [2.05, 4.69) is 190 Å². The summed E-state index contributed by atoms with van der Waals surface area (Å²) in [5, 5.41) is 1.21. The zero-order valence-corrected chi connectivity index (χ0v) is 33.6. The summed E-state index contributed by atoms with van der Waals surface area (Å²) in [6, 6.07) is 39.1. The molecule has 0 spiro atoms. The minimum atomic E-state index is 0.0319. The highest BCUT2D eigenvalue weighted by molar-refractivity contribution is 6.38. The van der Waals surface area contributed by atoms with E-state index in [1.54, 1.807) is 0 Å². The SMILES string of the molecule is CC(C)(C)c1ccc(N(c2ccc(C(C)(C)C)cc2)c2cc(Cl)cc(N(c3ccc(C(C)(C)C)cc3)c3ccc(C(C)(C)C)cc3)c2Cl)cc1. The molecule has 0 atom stereocenters. The molecule has 0 aliphatic rings. The van der Waals surface area contributed by atoms with Crippen molar-refractivity contribution >= 4 is 57.3 Å². The lowest BCUT2D eigenvalue weighted by molar-refractivity contribution is 0.590. The van der Waals surface area contributed by atoms with E-state index in [1.807, 2.05) is 12.1 Å². The second-order valence-corrected chi connectivity index (χ2v) is 18.4. The summed E-state index contributed by atoms with van der Waals surface area (Å²) in [4.78, 5) is 4.44. The molecule has 0 aromatic heterocycles. The molecule has 0 N–H and O–H groups in total. The van der Waals surface area contributed by atoms with Crippen molar-refractivity contribution in [1.82, 2.24) is 0 Å². The number of rotatable bonds is 6. The van der Waals surface area contributed by atoms with E-state index in [4.69, 9.17) is 23.2 Å². The average molecular weight is 706 g/mol. The topological polar surface area (TPSA) is 6.48 Å². The third kappa shape index (κ3) is 8.25. The lowest BCUT2D eigenvalue weighted by Crippen LogP contribution is -2.17. The van der Waals surface area contributed by atoms with Crippen LogP contribution >= 0.6 is 23.2 Å². The first-order chi connectivity index (χ1) is 23.1. The summed E-state index contributed by atoms with van der Waals surface area (Å²) in [7, 11) is 0. The predicted molar refractivity (Wildman–Crippen MR) is 221 cm³/mol. The van der Waals surface area contributed by atoms with Gasteiger partial charge in [0.05, 0.1) is 16.4 Å². The highest BCUT2D eigenvalue weighted by Gasteiger charge is 2.26. The van der Waals surface area contributed by atoms with E-state index < -0.39 is 0 Å². The molecule has 0 radical (unpaired) electrons. The molecule has 0 amide bonds. The Kier molecular flexibility index (Phi) is 10.3. The quantitative estimate of drug-likeness (QED) is 0.174. The summed E-state index contributed by atoms with van der Waals surface area (Å²) in [6.07, 6.45) is 0. The van der Waals surface area contributed by atoms with Crippen molar-refractivity contribution in [1.29, 1.82) is 0 Å². The molecule has 0 unspecified atom stereocenters. The van der Waals surface area contributed by atoms with Gasteiger partial charge < -0.3 is 9.80 Å². The Morgan fingerprint density at radius 2 is 0.540 bits per heavy atom. The molecule has 0 aliphatic heterocycles. The van der Waals surface area contributed by atoms with Gasteiger partial charge in [0.15, 0.2) is 0 Å². The van der Waals surface area contributed by atoms with Crippen LogP contribution in [-0.2, 0) is 21.7 Å². The molecule has 0 bridgehead atoms. The molecular formula is C46H54Cl2N2. The first-order valence-corrected chi connectivity index (χ1v) is 18.4. The highest BCUT2D eigenvalue weighted by atomic mass is 35.5. The largest absolute Gasteiger partial charge is 0.309 e. The fourth-order valence-electron chi connectivity index (χ4n) is 6.18. The van der Waals surface area contributed by atoms with E-state index in [9.17, 15) is 0 Å². The van der Waals surface area contributed by atoms with Crippen molar-refractivity contribution in [3.8, 4) is 0 Å². The fourth-order valence-corrected chi connectivity index (χ4v) is 6.67. The van der Waals surface area contributed by atoms with E-state index in [1.165, 1.54) is 22.3 Å². The third-order valence-electron chi connectivity index (χ3n) is 9.45. The van der Waals surface area contributed by atoms with Crippen LogP contribution in [0.5, 0.6) is 0 Å². The summed E-state index contributed by atoms with van der Waals surface area (Å²) >= 11 is 14.7. The van der Waals surface area contributed by atoms with Crippen LogP contribution < -0.4 is 9.80 Å². The van der Waals surface area contributed by atoms with Gasteiger partial charge in [-0.3, -0.25) is 0 Å². The van der Waals surface area contributed by atoms with E-state index >= 15 is 0 Å². The highest BCUT2D eigenvalue weighted by Crippen LogP contribution is 2.49. The lowest BCUT2D eigenvalue weighted by Gasteiger charge is -2.32. The Labute approximate surface area is 312 Å². The van der Waals surface area contributed by atoms with Gasteiger partial charge in [0.1, 0.15) is 0 Å². The summed E-state index contributed by atoms with van der Waals surface area (Å²) in [6.45, 7) is 26.9. The van der Waals surface area contributed by atoms with Crippen molar-refractivity contribution in [2.75, 3.05) is 9.80 Å². The standard InChI is InChI=1S/C46H54Cl2N2/c1-43(2,3)31-13-21-36(22-14-31)49(37-23-15-32(16-24-37)44(4,5)6)40-29-35(47)30-41(42(40)48)50(38-25-17-33(18-26-38)45(7,8)9)39-27-19-34(20-28-39)46(10,11)12/h13-30H,1-12H3. The fraction of sp³-hybridized carbons (Fsp3) is 0.348. The third-order valence-corrected chi connectivity index (χ3v) is 10.1. The summed E-state index contributed by atoms with van der Waals surface area (Å²) in [5.41, 5.74) is 10.8. The van der Waals surface area contributed by atoms with Crippen LogP contribution in [0.4, 0.5) is 34.1 Å². The molecule has 0 aliphatic carbocycles. The smallest absolute Gasteiger partial charge is 0.0888 e. The summed E-state index contributed by atoms with van der Waals surface area (Å²) < 4.78 is 0. The number of anilines is 6. The molecule has 50 heavy (non-hydrogen) atoms. The molecule has 0 heterocycles. The van der Waals surface area contributed by atoms with Crippen LogP contribution in [0.2, 0.25) is 10.0 Å². The Morgan fingerprint density at radius 1 is 0.340 bits per heavy atom. The van der Waals surface area contributed by atoms with Gasteiger partial charge in [0, 0.05) is 27.8 Å². The zero-order chi connectivity index (χ0) is 36.8. The van der Waals surface area contributed by atoms with Crippen molar-refractivity contribution in [3.63, 3.8) is 0 Å². The maximum Gasteiger partial charge on any atom is 0.0888 e. The number of nitrogens with zero attached hydrogens (tertiary/aromatic N) is 2. The Hall–Kier alpha value is -3.72. The van der Waals surface area contributed by atoms with Gasteiger partial charge in [-0.15, -0.1) is 0 Å². The molecule has 5 aromatic rings. The van der Waals surface area contributed by atoms with E-state index in [0.717, 1.165) is 34.1 Å². The van der Waals surface area contributed by atoms with E-state index in [0.29, 0.717) is 10.0 Å². The number of hydrogen-bond acceptors (Lipinski definition) is 2. The van der Waals surface area contributed by atoms with Crippen molar-refractivity contribution in [2.45, 2.75) is 105 Å². The summed E-state index contributed by atoms with van der Waals surface area (Å²) in [5.74, 6) is 0. The van der Waals surface area contributed by atoms with Crippen molar-refractivity contribution < 1.29 is 0 Å². The molecule has 5 aromatic carbocycles. The number of hydrogen-bond donors (Lipinski definition) is 0. The first-order valence-electron chi connectivity index (χ1n) is 17.7. The van der Waals surface area contributed by atoms with Crippen LogP contribution in [0.15, 0.2) is 109 Å². The second kappa shape index (κ2) is 13.8. The van der Waals surface area contributed by atoms with Crippen LogP contribution in [-0.4, -0.2) is 0 Å². The molecule has 262 valence electrons. The monoisotopic (exact) mass is 704 g/mol. The van der Waals surface area contributed by atoms with Crippen molar-refractivity contribution in [2.24, 2.45) is 0 Å². The van der Waals surface area contributed by atoms with Gasteiger partial charge in [0.2, 0.25) is 0 Å². The maximum atomic E-state index is 7.64.